The summed E-state index contributed by atoms with van der Waals surface area (Å²) >= 11 is 2.25. The van der Waals surface area contributed by atoms with Gasteiger partial charge in [0.05, 0.1) is 0 Å². The van der Waals surface area contributed by atoms with E-state index < -0.39 is 17.5 Å². The van der Waals surface area contributed by atoms with Gasteiger partial charge < -0.3 is 10.1 Å². The van der Waals surface area contributed by atoms with Crippen molar-refractivity contribution >= 4 is 40.5 Å². The number of nitrogens with one attached hydrogen (secondary N) is 1. The lowest BCUT2D eigenvalue weighted by molar-refractivity contribution is -0.140. The van der Waals surface area contributed by atoms with Crippen LogP contribution in [-0.4, -0.2) is 34.9 Å². The van der Waals surface area contributed by atoms with Gasteiger partial charge in [0, 0.05) is 3.57 Å². The number of carbonyl (C=O) groups excluding carboxylic acids is 3. The van der Waals surface area contributed by atoms with Crippen molar-refractivity contribution in [3.63, 3.8) is 0 Å². The van der Waals surface area contributed by atoms with Crippen molar-refractivity contribution in [2.24, 2.45) is 0 Å². The van der Waals surface area contributed by atoms with E-state index in [4.69, 9.17) is 4.74 Å². The number of halogens is 1. The lowest BCUT2D eigenvalue weighted by atomic mass is 9.98. The fourth-order valence-electron chi connectivity index (χ4n) is 3.79. The first kappa shape index (κ1) is 18.9. The Balaban J connectivity index is 1.39. The molecule has 28 heavy (non-hydrogen) atoms. The summed E-state index contributed by atoms with van der Waals surface area (Å²) in [5.41, 5.74) is 1.26. The fourth-order valence-corrected chi connectivity index (χ4v) is 4.15. The smallest absolute Gasteiger partial charge is 0.331 e. The van der Waals surface area contributed by atoms with Gasteiger partial charge >= 0.3 is 12.0 Å². The van der Waals surface area contributed by atoms with Gasteiger partial charge in [0.25, 0.3) is 5.91 Å². The van der Waals surface area contributed by atoms with Crippen LogP contribution < -0.4 is 10.1 Å². The van der Waals surface area contributed by atoms with Gasteiger partial charge in [-0.15, -0.1) is 0 Å². The van der Waals surface area contributed by atoms with Crippen LogP contribution in [0.3, 0.4) is 0 Å². The van der Waals surface area contributed by atoms with Crippen molar-refractivity contribution in [2.45, 2.75) is 31.2 Å². The molecule has 3 amide bonds. The number of benzene rings is 2. The molecule has 1 aliphatic carbocycles. The molecule has 1 saturated carbocycles. The second kappa shape index (κ2) is 7.54. The lowest BCUT2D eigenvalue weighted by Gasteiger charge is -2.19. The molecule has 2 fully saturated rings. The van der Waals surface area contributed by atoms with Gasteiger partial charge in [-0.3, -0.25) is 9.69 Å². The van der Waals surface area contributed by atoms with Crippen LogP contribution in [0.2, 0.25) is 0 Å². The number of ether oxygens (including phenoxy) is 1. The van der Waals surface area contributed by atoms with Crippen LogP contribution in [0.5, 0.6) is 5.75 Å². The minimum Gasteiger partial charge on any atom is -0.425 e. The molecule has 0 radical (unpaired) electrons. The van der Waals surface area contributed by atoms with Crippen molar-refractivity contribution in [2.75, 3.05) is 6.54 Å². The quantitative estimate of drug-likeness (QED) is 0.307. The predicted molar refractivity (Wildman–Crippen MR) is 112 cm³/mol. The highest BCUT2D eigenvalue weighted by molar-refractivity contribution is 14.1. The molecule has 1 spiro atoms. The van der Waals surface area contributed by atoms with Crippen LogP contribution in [0.1, 0.15) is 25.7 Å². The Morgan fingerprint density at radius 1 is 1.00 bits per heavy atom. The minimum absolute atomic E-state index is 0.319. The van der Waals surface area contributed by atoms with Crippen molar-refractivity contribution in [3.8, 4) is 16.9 Å². The third kappa shape index (κ3) is 3.63. The van der Waals surface area contributed by atoms with Gasteiger partial charge in [0.2, 0.25) is 0 Å². The van der Waals surface area contributed by atoms with Gasteiger partial charge in [-0.25, -0.2) is 9.59 Å². The van der Waals surface area contributed by atoms with Crippen molar-refractivity contribution in [3.05, 3.63) is 52.1 Å². The molecular weight excluding hydrogens is 471 g/mol. The molecule has 1 heterocycles. The molecule has 2 aromatic carbocycles. The number of nitrogens with zero attached hydrogens (tertiary/aromatic N) is 1. The van der Waals surface area contributed by atoms with Crippen LogP contribution >= 0.6 is 22.6 Å². The number of carbonyl (C=O) groups is 3. The van der Waals surface area contributed by atoms with E-state index in [2.05, 4.69) is 27.9 Å². The van der Waals surface area contributed by atoms with Crippen LogP contribution in [0.15, 0.2) is 48.5 Å². The Morgan fingerprint density at radius 2 is 1.57 bits per heavy atom. The Morgan fingerprint density at radius 3 is 2.18 bits per heavy atom. The van der Waals surface area contributed by atoms with Gasteiger partial charge in [0.1, 0.15) is 17.8 Å². The van der Waals surface area contributed by atoms with E-state index in [0.717, 1.165) is 32.4 Å². The molecule has 0 atom stereocenters. The van der Waals surface area contributed by atoms with Crippen LogP contribution in [0, 0.1) is 3.57 Å². The molecule has 144 valence electrons. The Bertz CT molecular complexity index is 918. The van der Waals surface area contributed by atoms with E-state index in [-0.39, 0.29) is 12.5 Å². The average Bonchev–Trinajstić information content (AvgIpc) is 3.24. The van der Waals surface area contributed by atoms with E-state index in [1.54, 1.807) is 12.1 Å². The Labute approximate surface area is 176 Å². The van der Waals surface area contributed by atoms with Gasteiger partial charge in [-0.2, -0.15) is 0 Å². The summed E-state index contributed by atoms with van der Waals surface area (Å²) in [6.07, 6.45) is 3.06. The molecule has 1 saturated heterocycles. The molecular formula is C21H19IN2O4. The van der Waals surface area contributed by atoms with Gasteiger partial charge in [0.15, 0.2) is 0 Å². The predicted octanol–water partition coefficient (Wildman–Crippen LogP) is 3.73. The summed E-state index contributed by atoms with van der Waals surface area (Å²) in [6, 6.07) is 14.7. The van der Waals surface area contributed by atoms with Gasteiger partial charge in [-0.1, -0.05) is 37.1 Å². The summed E-state index contributed by atoms with van der Waals surface area (Å²) in [4.78, 5) is 38.0. The summed E-state index contributed by atoms with van der Waals surface area (Å²) in [7, 11) is 0. The molecule has 2 aromatic rings. The first-order valence-corrected chi connectivity index (χ1v) is 10.3. The number of urea groups is 1. The minimum atomic E-state index is -0.813. The van der Waals surface area contributed by atoms with Gasteiger partial charge in [-0.05, 0) is 70.8 Å². The van der Waals surface area contributed by atoms with Crippen molar-refractivity contribution in [1.82, 2.24) is 10.2 Å². The highest BCUT2D eigenvalue weighted by Gasteiger charge is 2.52. The SMILES string of the molecule is O=C(CN1C(=O)NC2(CCCC2)C1=O)Oc1ccc(-c2ccc(I)cc2)cc1. The van der Waals surface area contributed by atoms with E-state index in [0.29, 0.717) is 18.6 Å². The lowest BCUT2D eigenvalue weighted by Crippen LogP contribution is -2.44. The summed E-state index contributed by atoms with van der Waals surface area (Å²) < 4.78 is 6.48. The Kier molecular flexibility index (Phi) is 5.09. The maximum absolute atomic E-state index is 12.6. The van der Waals surface area contributed by atoms with Crippen LogP contribution in [0.25, 0.3) is 11.1 Å². The summed E-state index contributed by atoms with van der Waals surface area (Å²) in [5, 5.41) is 2.76. The second-order valence-corrected chi connectivity index (χ2v) is 8.36. The molecule has 0 aromatic heterocycles. The maximum Gasteiger partial charge on any atom is 0.331 e. The van der Waals surface area contributed by atoms with E-state index in [1.165, 1.54) is 0 Å². The first-order valence-electron chi connectivity index (χ1n) is 9.18. The number of amides is 3. The van der Waals surface area contributed by atoms with E-state index in [1.807, 2.05) is 36.4 Å². The second-order valence-electron chi connectivity index (χ2n) is 7.12. The summed E-state index contributed by atoms with van der Waals surface area (Å²) in [5.74, 6) is -0.580. The molecule has 0 unspecified atom stereocenters. The standard InChI is InChI=1S/C21H19IN2O4/c22-16-7-3-14(4-8-16)15-5-9-17(10-6-15)28-18(25)13-24-19(26)21(23-20(24)27)11-1-2-12-21/h3-10H,1-2,11-13H2,(H,23,27). The average molecular weight is 490 g/mol. The fraction of sp³-hybridized carbons (Fsp3) is 0.286. The molecule has 6 nitrogen and oxygen atoms in total. The molecule has 1 aliphatic heterocycles. The zero-order chi connectivity index (χ0) is 19.7. The van der Waals surface area contributed by atoms with Crippen molar-refractivity contribution in [1.29, 1.82) is 0 Å². The van der Waals surface area contributed by atoms with Crippen LogP contribution in [-0.2, 0) is 9.59 Å². The highest BCUT2D eigenvalue weighted by atomic mass is 127. The monoisotopic (exact) mass is 490 g/mol. The Hall–Kier alpha value is -2.42. The number of hydrogen-bond donors (Lipinski definition) is 1. The third-order valence-electron chi connectivity index (χ3n) is 5.25. The van der Waals surface area contributed by atoms with Crippen LogP contribution in [0.4, 0.5) is 4.79 Å². The first-order chi connectivity index (χ1) is 13.5. The largest absolute Gasteiger partial charge is 0.425 e. The molecule has 1 N–H and O–H groups in total. The topological polar surface area (TPSA) is 75.7 Å². The summed E-state index contributed by atoms with van der Waals surface area (Å²) in [6.45, 7) is -0.384. The van der Waals surface area contributed by atoms with Crippen molar-refractivity contribution < 1.29 is 19.1 Å². The zero-order valence-electron chi connectivity index (χ0n) is 15.1. The third-order valence-corrected chi connectivity index (χ3v) is 5.97. The number of esters is 1. The number of rotatable bonds is 4. The maximum atomic E-state index is 12.6. The highest BCUT2D eigenvalue weighted by Crippen LogP contribution is 2.35. The molecule has 2 aliphatic rings. The molecule has 4 rings (SSSR count). The zero-order valence-corrected chi connectivity index (χ0v) is 17.3. The normalized spacial score (nSPS) is 17.8. The molecule has 0 bridgehead atoms. The number of hydrogen-bond acceptors (Lipinski definition) is 4. The van der Waals surface area contributed by atoms with E-state index >= 15 is 0 Å². The number of imide groups is 1. The van der Waals surface area contributed by atoms with E-state index in [9.17, 15) is 14.4 Å². The molecule has 7 heteroatoms.